The molecule has 4 aliphatic heterocycles. The van der Waals surface area contributed by atoms with Crippen LogP contribution in [0.1, 0.15) is 79.1 Å². The fraction of sp³-hybridized carbons (Fsp3) is 0.333. The molecule has 13 unspecified atom stereocenters. The Kier molecular flexibility index (Phi) is 30.8. The molecular weight excluding hydrogens is 1630 g/mol. The Hall–Kier alpha value is -10.2. The molecule has 672 valence electrons. The zero-order valence-corrected chi connectivity index (χ0v) is 71.0. The van der Waals surface area contributed by atoms with E-state index in [-0.39, 0.29) is 26.4 Å². The Balaban J connectivity index is 0.901. The van der Waals surface area contributed by atoms with Crippen LogP contribution in [0.5, 0.6) is 0 Å². The second-order valence-electron chi connectivity index (χ2n) is 31.4. The highest BCUT2D eigenvalue weighted by atomic mass is 16.8. The molecule has 4 fully saturated rings. The van der Waals surface area contributed by atoms with Crippen LogP contribution in [0, 0.1) is 0 Å². The molecule has 129 heavy (non-hydrogen) atoms. The lowest BCUT2D eigenvalue weighted by molar-refractivity contribution is -0.415. The normalized spacial score (nSPS) is 29.0. The van der Waals surface area contributed by atoms with Crippen molar-refractivity contribution >= 4 is 0 Å². The SMILES string of the molecule is [2H]C(OC[C@H]1OC(O[C@@H]2C(O[C@@H]3C(O[C@@H]4C(O)O[C@H](COCc5ccccc5)[C@@H](OCc5ccccc5)[C@@H]4OCc4ccccc4)O[C@H](COC([2H])c4ccccc4)[C@@H](OC([2H])c4ccccc4)[C@@H]3OC([2H])c3ccccc3)O[C@H](COC([2H])c3ccccc3)[C@@H](OC([2H])c3ccccc3)[C@@H]2OC([2H])c2ccccc2)[C@@H](O)[C@@H](OC([2H])c2ccccc2)[C@@H]1OC([2H])c1ccccc1)c1ccccc1. The first-order chi connectivity index (χ1) is 67.5. The van der Waals surface area contributed by atoms with E-state index < -0.39 is 202 Å². The first kappa shape index (κ1) is 80.8. The zero-order chi connectivity index (χ0) is 95.5. The third-order valence-corrected chi connectivity index (χ3v) is 22.0. The number of aliphatic hydroxyl groups excluding tert-OH is 2. The van der Waals surface area contributed by atoms with Gasteiger partial charge in [-0.1, -0.05) is 364 Å². The molecule has 0 saturated carbocycles. The molecule has 12 aromatic carbocycles. The van der Waals surface area contributed by atoms with Gasteiger partial charge >= 0.3 is 0 Å². The van der Waals surface area contributed by atoms with Crippen molar-refractivity contribution in [3.8, 4) is 0 Å². The Morgan fingerprint density at radius 3 is 0.721 bits per heavy atom. The summed E-state index contributed by atoms with van der Waals surface area (Å²) in [6, 6.07) is 106. The van der Waals surface area contributed by atoms with Crippen LogP contribution in [0.2, 0.25) is 0 Å². The summed E-state index contributed by atoms with van der Waals surface area (Å²) < 4.78 is 225. The predicted octanol–water partition coefficient (Wildman–Crippen LogP) is 16.9. The fourth-order valence-electron chi connectivity index (χ4n) is 15.5. The molecule has 16 rings (SSSR count). The smallest absolute Gasteiger partial charge is 0.187 e. The summed E-state index contributed by atoms with van der Waals surface area (Å²) in [7, 11) is 0. The molecule has 29 atom stereocenters. The average molecular weight is 1760 g/mol. The van der Waals surface area contributed by atoms with Crippen molar-refractivity contribution in [3.63, 3.8) is 0 Å². The Bertz CT molecular complexity index is 5470. The Labute approximate surface area is 768 Å². The summed E-state index contributed by atoms with van der Waals surface area (Å²) in [6.45, 7) is -16.0. The van der Waals surface area contributed by atoms with E-state index in [0.29, 0.717) is 55.6 Å². The molecule has 4 saturated heterocycles. The predicted molar refractivity (Wildman–Crippen MR) is 482 cm³/mol. The summed E-state index contributed by atoms with van der Waals surface area (Å²) in [5.74, 6) is 0. The molecule has 12 aromatic rings. The third kappa shape index (κ3) is 27.0. The van der Waals surface area contributed by atoms with Gasteiger partial charge in [0.2, 0.25) is 0 Å². The van der Waals surface area contributed by atoms with Gasteiger partial charge in [0.25, 0.3) is 0 Å². The molecule has 0 aromatic heterocycles. The lowest BCUT2D eigenvalue weighted by Crippen LogP contribution is -2.69. The molecule has 21 nitrogen and oxygen atoms in total. The number of hydrogen-bond acceptors (Lipinski definition) is 21. The molecule has 2 N–H and O–H groups in total. The molecular formula is C108H114O21. The van der Waals surface area contributed by atoms with E-state index in [4.69, 9.17) is 90.0 Å². The van der Waals surface area contributed by atoms with Crippen LogP contribution >= 0.6 is 0 Å². The van der Waals surface area contributed by atoms with Gasteiger partial charge in [0.1, 0.15) is 97.7 Å². The molecule has 0 radical (unpaired) electrons. The zero-order valence-electron chi connectivity index (χ0n) is 80.0. The lowest BCUT2D eigenvalue weighted by Gasteiger charge is -2.52. The molecule has 0 bridgehead atoms. The number of benzene rings is 12. The van der Waals surface area contributed by atoms with Crippen molar-refractivity contribution in [2.75, 3.05) is 26.4 Å². The third-order valence-electron chi connectivity index (χ3n) is 22.0. The highest BCUT2D eigenvalue weighted by molar-refractivity contribution is 5.23. The van der Waals surface area contributed by atoms with Gasteiger partial charge in [0, 0.05) is 0 Å². The topological polar surface area (TPSA) is 216 Å². The second kappa shape index (κ2) is 49.2. The van der Waals surface area contributed by atoms with Crippen LogP contribution < -0.4 is 0 Å². The summed E-state index contributed by atoms with van der Waals surface area (Å²) in [6.07, 6.45) is -35.0. The highest BCUT2D eigenvalue weighted by Gasteiger charge is 2.59. The first-order valence-corrected chi connectivity index (χ1v) is 43.4. The van der Waals surface area contributed by atoms with E-state index in [0.717, 1.165) is 11.1 Å². The number of aliphatic hydroxyl groups is 2. The molecule has 4 heterocycles. The van der Waals surface area contributed by atoms with Gasteiger partial charge in [-0.3, -0.25) is 0 Å². The van der Waals surface area contributed by atoms with Gasteiger partial charge < -0.3 is 100 Å². The van der Waals surface area contributed by atoms with Crippen molar-refractivity contribution in [2.24, 2.45) is 0 Å². The number of ether oxygens (including phenoxy) is 19. The van der Waals surface area contributed by atoms with Gasteiger partial charge in [0.05, 0.1) is 118 Å². The van der Waals surface area contributed by atoms with E-state index in [1.54, 1.807) is 273 Å². The fourth-order valence-corrected chi connectivity index (χ4v) is 15.5. The Morgan fingerprint density at radius 2 is 0.403 bits per heavy atom. The molecule has 4 aliphatic rings. The van der Waals surface area contributed by atoms with Crippen LogP contribution in [0.3, 0.4) is 0 Å². The van der Waals surface area contributed by atoms with E-state index in [2.05, 4.69) is 0 Å². The van der Waals surface area contributed by atoms with Crippen molar-refractivity contribution in [1.82, 2.24) is 0 Å². The largest absolute Gasteiger partial charge is 0.385 e. The van der Waals surface area contributed by atoms with Crippen LogP contribution in [-0.2, 0) is 169 Å². The molecule has 0 amide bonds. The summed E-state index contributed by atoms with van der Waals surface area (Å²) in [5.41, 5.74) is 5.61. The van der Waals surface area contributed by atoms with E-state index >= 15 is 0 Å². The minimum Gasteiger partial charge on any atom is -0.385 e. The monoisotopic (exact) mass is 1760 g/mol. The maximum absolute atomic E-state index is 13.9. The van der Waals surface area contributed by atoms with E-state index in [1.807, 2.05) is 91.0 Å². The summed E-state index contributed by atoms with van der Waals surface area (Å²) in [5, 5.41) is 27.4. The average Bonchev–Trinajstić information content (AvgIpc) is 0.750. The lowest BCUT2D eigenvalue weighted by atomic mass is 9.94. The summed E-state index contributed by atoms with van der Waals surface area (Å²) in [4.78, 5) is 0. The quantitative estimate of drug-likeness (QED) is 0.0363. The minimum absolute atomic E-state index is 0.0313. The van der Waals surface area contributed by atoms with Gasteiger partial charge in [-0.05, 0) is 66.8 Å². The molecule has 0 aliphatic carbocycles. The highest BCUT2D eigenvalue weighted by Crippen LogP contribution is 2.42. The minimum atomic E-state index is -2.17. The second-order valence-corrected chi connectivity index (χ2v) is 31.4. The van der Waals surface area contributed by atoms with Gasteiger partial charge in [0.15, 0.2) is 25.2 Å². The standard InChI is InChI=1S/C108H114O21/c109-93-98(119-69-85-53-29-9-30-54-85)94(115-65-81-45-21-5-22-46-81)90(74-112-62-78-39-15-2-16-40-78)124-106(93)128-103-100(121-71-87-57-33-11-34-58-87)96(117-67-83-49-25-7-26-50-83)92(76-114-64-80-43-19-4-20-44-80)126-108(103)129-104-101(122-72-88-59-35-12-36-60-88)97(118-68-84-51-27-8-28-52-84)91(75-113-63-79-41-17-3-18-42-79)125-107(104)127-102-99(120-70-86-55-31-10-32-56-86)95(116-66-82-47-23-6-24-48-82)89(123-105(102)110)73-111-61-77-37-13-1-14-38-77/h1-60,89-110H,61-76H2/t89-,90-,91-,92-,93+,94-,95-,96-,97-,98-,99+,100+,101+,102+,103+,104+,105?,106?,107?,108?/m1/s1/i62D,63D,64D,65D,67D,68D,69D,71D,72D/t62?,63?,64?,65?,67?,68?,69?,71?,72?,89-,90-,91-,92-,93+,94-,95-,96-,97-,98-,99+,100+,101+,102+,103+,104+,105?,106?,107?,108?. The molecule has 21 heteroatoms. The van der Waals surface area contributed by atoms with Crippen molar-refractivity contribution in [2.45, 2.75) is 202 Å². The maximum Gasteiger partial charge on any atom is 0.187 e. The van der Waals surface area contributed by atoms with Gasteiger partial charge in [-0.2, -0.15) is 0 Å². The van der Waals surface area contributed by atoms with E-state index in [9.17, 15) is 22.5 Å². The maximum atomic E-state index is 13.9. The van der Waals surface area contributed by atoms with Crippen LogP contribution in [-0.4, -0.2) is 159 Å². The van der Waals surface area contributed by atoms with Crippen molar-refractivity contribution in [3.05, 3.63) is 431 Å². The first-order valence-electron chi connectivity index (χ1n) is 48.6. The van der Waals surface area contributed by atoms with Crippen LogP contribution in [0.25, 0.3) is 0 Å². The number of hydrogen-bond donors (Lipinski definition) is 2. The Morgan fingerprint density at radius 1 is 0.194 bits per heavy atom. The van der Waals surface area contributed by atoms with Gasteiger partial charge in [-0.15, -0.1) is 0 Å². The van der Waals surface area contributed by atoms with Gasteiger partial charge in [-0.25, -0.2) is 0 Å². The molecule has 0 spiro atoms. The van der Waals surface area contributed by atoms with Crippen molar-refractivity contribution < 1.29 is 113 Å². The number of rotatable bonds is 46. The summed E-state index contributed by atoms with van der Waals surface area (Å²) >= 11 is 0. The van der Waals surface area contributed by atoms with E-state index in [1.165, 1.54) is 0 Å². The van der Waals surface area contributed by atoms with Crippen LogP contribution in [0.15, 0.2) is 364 Å². The van der Waals surface area contributed by atoms with Crippen LogP contribution in [0.4, 0.5) is 0 Å². The van der Waals surface area contributed by atoms with Crippen molar-refractivity contribution in [1.29, 1.82) is 0 Å².